The molecule has 0 radical (unpaired) electrons. The van der Waals surface area contributed by atoms with Crippen molar-refractivity contribution in [2.24, 2.45) is 5.92 Å². The molecule has 1 amide bonds. The molecular formula is C41H50N4O4S. The lowest BCUT2D eigenvalue weighted by Gasteiger charge is -2.29. The van der Waals surface area contributed by atoms with E-state index in [1.165, 1.54) is 18.5 Å². The first-order valence-corrected chi connectivity index (χ1v) is 19.5. The van der Waals surface area contributed by atoms with E-state index in [-0.39, 0.29) is 5.91 Å². The van der Waals surface area contributed by atoms with Gasteiger partial charge in [-0.05, 0) is 127 Å². The van der Waals surface area contributed by atoms with Crippen molar-refractivity contribution in [3.8, 4) is 16.9 Å². The number of anilines is 2. The fourth-order valence-electron chi connectivity index (χ4n) is 6.30. The van der Waals surface area contributed by atoms with Gasteiger partial charge in [0, 0.05) is 43.2 Å². The smallest absolute Gasteiger partial charge is 0.251 e. The largest absolute Gasteiger partial charge is 0.611 e. The normalized spacial score (nSPS) is 16.1. The number of aryl methyl sites for hydroxylation is 1. The number of aromatic nitrogens is 2. The molecular weight excluding hydrogens is 645 g/mol. The molecule has 9 heteroatoms. The molecule has 1 atom stereocenters. The Hall–Kier alpha value is -4.05. The van der Waals surface area contributed by atoms with Crippen LogP contribution in [0.15, 0.2) is 89.7 Å². The number of nitrogens with zero attached hydrogens (tertiary/aromatic N) is 3. The number of imidazole rings is 1. The first-order valence-electron chi connectivity index (χ1n) is 18.2. The third kappa shape index (κ3) is 9.80. The molecule has 3 aromatic carbocycles. The Bertz CT molecular complexity index is 1720. The van der Waals surface area contributed by atoms with Crippen LogP contribution in [0.5, 0.6) is 5.75 Å². The molecule has 50 heavy (non-hydrogen) atoms. The Morgan fingerprint density at radius 2 is 1.78 bits per heavy atom. The third-order valence-corrected chi connectivity index (χ3v) is 10.6. The summed E-state index contributed by atoms with van der Waals surface area (Å²) >= 11 is -1.21. The van der Waals surface area contributed by atoms with Crippen molar-refractivity contribution in [2.75, 3.05) is 43.1 Å². The summed E-state index contributed by atoms with van der Waals surface area (Å²) in [4.78, 5) is 21.2. The van der Waals surface area contributed by atoms with Crippen LogP contribution < -0.4 is 15.0 Å². The number of rotatable bonds is 17. The fourth-order valence-corrected chi connectivity index (χ4v) is 7.41. The van der Waals surface area contributed by atoms with Crippen molar-refractivity contribution in [1.82, 2.24) is 9.55 Å². The SMILES string of the molecule is CCCCOCCOc1ccc(-c2ccc3c(c2)/C=C(/C(=O)Nc2ccc([S+]([O-])Cc4cncn4CCC)cc2)CCCN3CC2CC2)cc1. The molecule has 1 aliphatic carbocycles. The molecule has 0 bridgehead atoms. The van der Waals surface area contributed by atoms with Gasteiger partial charge < -0.3 is 28.8 Å². The molecule has 1 N–H and O–H groups in total. The number of carbonyl (C=O) groups is 1. The van der Waals surface area contributed by atoms with Gasteiger partial charge in [-0.3, -0.25) is 4.79 Å². The minimum Gasteiger partial charge on any atom is -0.611 e. The van der Waals surface area contributed by atoms with Crippen molar-refractivity contribution in [1.29, 1.82) is 0 Å². The summed E-state index contributed by atoms with van der Waals surface area (Å²) in [6, 6.07) is 22.2. The molecule has 1 fully saturated rings. The van der Waals surface area contributed by atoms with Gasteiger partial charge in [0.25, 0.3) is 5.91 Å². The van der Waals surface area contributed by atoms with Crippen LogP contribution in [0.25, 0.3) is 17.2 Å². The van der Waals surface area contributed by atoms with Crippen molar-refractivity contribution < 1.29 is 18.8 Å². The maximum Gasteiger partial charge on any atom is 0.251 e. The number of fused-ring (bicyclic) bond motifs is 1. The molecule has 264 valence electrons. The van der Waals surface area contributed by atoms with Crippen molar-refractivity contribution in [3.05, 3.63) is 96.1 Å². The van der Waals surface area contributed by atoms with Gasteiger partial charge in [0.1, 0.15) is 12.4 Å². The lowest BCUT2D eigenvalue weighted by atomic mass is 9.96. The summed E-state index contributed by atoms with van der Waals surface area (Å²) in [6.07, 6.45) is 13.0. The lowest BCUT2D eigenvalue weighted by molar-refractivity contribution is -0.112. The second kappa shape index (κ2) is 17.7. The van der Waals surface area contributed by atoms with Crippen LogP contribution in [0, 0.1) is 5.92 Å². The van der Waals surface area contributed by atoms with E-state index in [1.807, 2.05) is 36.4 Å². The third-order valence-electron chi connectivity index (χ3n) is 9.28. The van der Waals surface area contributed by atoms with Crippen molar-refractivity contribution in [2.45, 2.75) is 76.0 Å². The highest BCUT2D eigenvalue weighted by atomic mass is 32.2. The van der Waals surface area contributed by atoms with Gasteiger partial charge in [-0.25, -0.2) is 4.98 Å². The maximum absolute atomic E-state index is 13.7. The van der Waals surface area contributed by atoms with E-state index in [0.717, 1.165) is 96.4 Å². The monoisotopic (exact) mass is 694 g/mol. The predicted octanol–water partition coefficient (Wildman–Crippen LogP) is 8.50. The molecule has 1 aromatic heterocycles. The van der Waals surface area contributed by atoms with E-state index in [0.29, 0.717) is 31.1 Å². The first-order chi connectivity index (χ1) is 24.5. The van der Waals surface area contributed by atoms with E-state index in [9.17, 15) is 9.35 Å². The van der Waals surface area contributed by atoms with E-state index < -0.39 is 11.2 Å². The number of hydrogen-bond donors (Lipinski definition) is 1. The number of hydrogen-bond acceptors (Lipinski definition) is 6. The Morgan fingerprint density at radius 1 is 0.980 bits per heavy atom. The lowest BCUT2D eigenvalue weighted by Crippen LogP contribution is -2.29. The summed E-state index contributed by atoms with van der Waals surface area (Å²) in [5.74, 6) is 1.89. The van der Waals surface area contributed by atoms with E-state index in [1.54, 1.807) is 12.5 Å². The molecule has 1 unspecified atom stereocenters. The molecule has 0 saturated heterocycles. The van der Waals surface area contributed by atoms with Gasteiger partial charge >= 0.3 is 0 Å². The molecule has 8 nitrogen and oxygen atoms in total. The number of nitrogens with one attached hydrogen (secondary N) is 1. The number of amides is 1. The fraction of sp³-hybridized carbons (Fsp3) is 0.415. The zero-order valence-corrected chi connectivity index (χ0v) is 30.3. The van der Waals surface area contributed by atoms with Crippen LogP contribution >= 0.6 is 0 Å². The zero-order valence-electron chi connectivity index (χ0n) is 29.4. The van der Waals surface area contributed by atoms with E-state index >= 15 is 0 Å². The molecule has 6 rings (SSSR count). The summed E-state index contributed by atoms with van der Waals surface area (Å²) < 4.78 is 26.7. The second-order valence-electron chi connectivity index (χ2n) is 13.3. The van der Waals surface area contributed by atoms with Crippen LogP contribution in [-0.2, 0) is 33.0 Å². The average molecular weight is 695 g/mol. The van der Waals surface area contributed by atoms with Crippen LogP contribution in [-0.4, -0.2) is 52.9 Å². The van der Waals surface area contributed by atoms with E-state index in [2.05, 4.69) is 70.0 Å². The van der Waals surface area contributed by atoms with Gasteiger partial charge in [0.05, 0.1) is 24.8 Å². The molecule has 2 heterocycles. The molecule has 4 aromatic rings. The van der Waals surface area contributed by atoms with Crippen LogP contribution in [0.4, 0.5) is 11.4 Å². The summed E-state index contributed by atoms with van der Waals surface area (Å²) in [7, 11) is 0. The molecule has 1 saturated carbocycles. The van der Waals surface area contributed by atoms with Gasteiger partial charge in [-0.1, -0.05) is 38.5 Å². The highest BCUT2D eigenvalue weighted by Gasteiger charge is 2.27. The van der Waals surface area contributed by atoms with Crippen LogP contribution in [0.1, 0.15) is 70.1 Å². The Balaban J connectivity index is 1.15. The van der Waals surface area contributed by atoms with Crippen molar-refractivity contribution in [3.63, 3.8) is 0 Å². The quantitative estimate of drug-likeness (QED) is 0.0881. The topological polar surface area (TPSA) is 91.7 Å². The average Bonchev–Trinajstić information content (AvgIpc) is 3.85. The van der Waals surface area contributed by atoms with Gasteiger partial charge in [0.15, 0.2) is 10.6 Å². The summed E-state index contributed by atoms with van der Waals surface area (Å²) in [5, 5.41) is 3.11. The second-order valence-corrected chi connectivity index (χ2v) is 14.8. The minimum absolute atomic E-state index is 0.102. The minimum atomic E-state index is -1.21. The highest BCUT2D eigenvalue weighted by Crippen LogP contribution is 2.37. The molecule has 0 spiro atoms. The van der Waals surface area contributed by atoms with E-state index in [4.69, 9.17) is 9.47 Å². The van der Waals surface area contributed by atoms with Gasteiger partial charge in [-0.15, -0.1) is 0 Å². The maximum atomic E-state index is 13.7. The molecule has 1 aliphatic heterocycles. The van der Waals surface area contributed by atoms with Crippen LogP contribution in [0.3, 0.4) is 0 Å². The standard InChI is InChI=1S/C41H50N4O4S/c1-3-5-22-48-23-24-49-38-15-10-32(11-16-38)33-12-19-40-35(25-33)26-34(7-6-21-44(40)28-31-8-9-31)41(46)43-36-13-17-39(18-14-36)50(47)29-37-27-42-30-45(37)20-4-2/h10-19,25-27,30-31H,3-9,20-24,28-29H2,1-2H3,(H,43,46)/b34-26+. The first kappa shape index (κ1) is 35.8. The Labute approximate surface area is 300 Å². The number of ether oxygens (including phenoxy) is 2. The molecule has 2 aliphatic rings. The Kier molecular flexibility index (Phi) is 12.7. The van der Waals surface area contributed by atoms with Gasteiger partial charge in [0.2, 0.25) is 0 Å². The summed E-state index contributed by atoms with van der Waals surface area (Å²) in [5.41, 5.74) is 6.85. The highest BCUT2D eigenvalue weighted by molar-refractivity contribution is 7.90. The predicted molar refractivity (Wildman–Crippen MR) is 203 cm³/mol. The van der Waals surface area contributed by atoms with Gasteiger partial charge in [-0.2, -0.15) is 0 Å². The number of unbranched alkanes of at least 4 members (excludes halogenated alkanes) is 1. The van der Waals surface area contributed by atoms with Crippen LogP contribution in [0.2, 0.25) is 0 Å². The zero-order chi connectivity index (χ0) is 34.7. The Morgan fingerprint density at radius 3 is 2.54 bits per heavy atom. The number of benzene rings is 3. The number of carbonyl (C=O) groups excluding carboxylic acids is 1. The van der Waals surface area contributed by atoms with Crippen molar-refractivity contribution >= 4 is 34.5 Å². The summed E-state index contributed by atoms with van der Waals surface area (Å²) in [6.45, 7) is 9.00.